The van der Waals surface area contributed by atoms with Crippen LogP contribution in [0.3, 0.4) is 0 Å². The number of hydrogen-bond acceptors (Lipinski definition) is 5. The molecule has 1 unspecified atom stereocenters. The van der Waals surface area contributed by atoms with Crippen molar-refractivity contribution in [3.8, 4) is 5.69 Å². The second-order valence-electron chi connectivity index (χ2n) is 7.89. The quantitative estimate of drug-likeness (QED) is 0.845. The lowest BCUT2D eigenvalue weighted by Gasteiger charge is -2.34. The van der Waals surface area contributed by atoms with Crippen LogP contribution in [0.5, 0.6) is 0 Å². The molecular formula is C20H24F2N4O3. The highest BCUT2D eigenvalue weighted by atomic mass is 19.2. The third-order valence-electron chi connectivity index (χ3n) is 5.70. The average Bonchev–Trinajstić information content (AvgIpc) is 3.29. The normalized spacial score (nSPS) is 26.8. The van der Waals surface area contributed by atoms with Crippen LogP contribution in [0, 0.1) is 24.5 Å². The third kappa shape index (κ3) is 4.02. The zero-order chi connectivity index (χ0) is 20.6. The van der Waals surface area contributed by atoms with Crippen molar-refractivity contribution in [3.63, 3.8) is 0 Å². The molecule has 1 atom stereocenters. The van der Waals surface area contributed by atoms with Crippen LogP contribution < -0.4 is 5.32 Å². The fourth-order valence-electron chi connectivity index (χ4n) is 3.87. The fourth-order valence-corrected chi connectivity index (χ4v) is 3.87. The third-order valence-corrected chi connectivity index (χ3v) is 5.70. The lowest BCUT2D eigenvalue weighted by atomic mass is 9.86. The molecule has 1 spiro atoms. The van der Waals surface area contributed by atoms with Crippen molar-refractivity contribution in [1.82, 2.24) is 20.3 Å². The monoisotopic (exact) mass is 406 g/mol. The molecule has 29 heavy (non-hydrogen) atoms. The maximum Gasteiger partial charge on any atom is 0.273 e. The molecule has 4 rings (SSSR count). The molecule has 2 heterocycles. The molecule has 1 N–H and O–H groups in total. The van der Waals surface area contributed by atoms with Crippen molar-refractivity contribution >= 4 is 5.91 Å². The number of benzene rings is 1. The zero-order valence-corrected chi connectivity index (χ0v) is 16.5. The van der Waals surface area contributed by atoms with Crippen LogP contribution in [0.15, 0.2) is 18.2 Å². The lowest BCUT2D eigenvalue weighted by Crippen LogP contribution is -2.38. The number of hydrogen-bond donors (Lipinski definition) is 1. The van der Waals surface area contributed by atoms with Crippen LogP contribution in [0.25, 0.3) is 5.69 Å². The van der Waals surface area contributed by atoms with Crippen molar-refractivity contribution in [2.45, 2.75) is 51.4 Å². The topological polar surface area (TPSA) is 78.3 Å². The molecule has 2 aromatic rings. The predicted octanol–water partition coefficient (Wildman–Crippen LogP) is 2.91. The van der Waals surface area contributed by atoms with Gasteiger partial charge in [-0.3, -0.25) is 4.79 Å². The smallest absolute Gasteiger partial charge is 0.273 e. The van der Waals surface area contributed by atoms with Gasteiger partial charge in [-0.1, -0.05) is 12.1 Å². The summed E-state index contributed by atoms with van der Waals surface area (Å²) in [5.74, 6) is -2.17. The highest BCUT2D eigenvalue weighted by Crippen LogP contribution is 2.39. The van der Waals surface area contributed by atoms with Crippen molar-refractivity contribution in [2.75, 3.05) is 13.2 Å². The van der Waals surface area contributed by atoms with Gasteiger partial charge in [0.15, 0.2) is 23.1 Å². The van der Waals surface area contributed by atoms with Gasteiger partial charge >= 0.3 is 0 Å². The average molecular weight is 406 g/mol. The van der Waals surface area contributed by atoms with Crippen molar-refractivity contribution in [3.05, 3.63) is 41.2 Å². The first kappa shape index (κ1) is 19.9. The Hall–Kier alpha value is -2.39. The van der Waals surface area contributed by atoms with E-state index in [-0.39, 0.29) is 17.5 Å². The maximum absolute atomic E-state index is 13.5. The first-order chi connectivity index (χ1) is 13.9. The van der Waals surface area contributed by atoms with E-state index in [1.54, 1.807) is 6.92 Å². The second-order valence-corrected chi connectivity index (χ2v) is 7.89. The van der Waals surface area contributed by atoms with Crippen LogP contribution in [0.1, 0.15) is 48.8 Å². The summed E-state index contributed by atoms with van der Waals surface area (Å²) in [6.45, 7) is 4.61. The Morgan fingerprint density at radius 3 is 2.79 bits per heavy atom. The minimum Gasteiger partial charge on any atom is -0.348 e. The summed E-state index contributed by atoms with van der Waals surface area (Å²) in [7, 11) is 0. The number of nitrogens with zero attached hydrogens (tertiary/aromatic N) is 3. The first-order valence-electron chi connectivity index (χ1n) is 9.84. The number of halogens is 2. The molecule has 7 nitrogen and oxygen atoms in total. The van der Waals surface area contributed by atoms with E-state index in [1.165, 1.54) is 10.7 Å². The standard InChI is InChI=1S/C20H24F2N4O3/c1-12-5-7-20(8-6-12)28-11-15(29-20)10-23-19(27)18-13(2)26(25-24-18)14-3-4-16(21)17(22)9-14/h3-4,9,12,15H,5-8,10-11H2,1-2H3,(H,23,27). The molecule has 1 amide bonds. The Kier molecular flexibility index (Phi) is 5.35. The Morgan fingerprint density at radius 2 is 2.07 bits per heavy atom. The van der Waals surface area contributed by atoms with Crippen LogP contribution in [-0.2, 0) is 9.47 Å². The van der Waals surface area contributed by atoms with E-state index in [2.05, 4.69) is 22.6 Å². The Labute approximate surface area is 167 Å². The molecule has 1 aliphatic carbocycles. The highest BCUT2D eigenvalue weighted by Gasteiger charge is 2.43. The van der Waals surface area contributed by atoms with Gasteiger partial charge in [-0.05, 0) is 37.8 Å². The van der Waals surface area contributed by atoms with Gasteiger partial charge in [0.1, 0.15) is 6.10 Å². The summed E-state index contributed by atoms with van der Waals surface area (Å²) in [6.07, 6.45) is 3.69. The van der Waals surface area contributed by atoms with E-state index in [0.717, 1.165) is 37.8 Å². The largest absolute Gasteiger partial charge is 0.348 e. The summed E-state index contributed by atoms with van der Waals surface area (Å²) in [4.78, 5) is 12.5. The molecule has 1 aliphatic heterocycles. The number of carbonyl (C=O) groups excluding carboxylic acids is 1. The minimum atomic E-state index is -0.993. The SMILES string of the molecule is Cc1c(C(=O)NCC2COC3(CCC(C)CC3)O2)nnn1-c1ccc(F)c(F)c1. The number of rotatable bonds is 4. The molecule has 9 heteroatoms. The summed E-state index contributed by atoms with van der Waals surface area (Å²) in [5, 5.41) is 10.6. The number of aromatic nitrogens is 3. The van der Waals surface area contributed by atoms with Gasteiger partial charge in [0.25, 0.3) is 5.91 Å². The fraction of sp³-hybridized carbons (Fsp3) is 0.550. The van der Waals surface area contributed by atoms with E-state index in [4.69, 9.17) is 9.47 Å². The zero-order valence-electron chi connectivity index (χ0n) is 16.5. The summed E-state index contributed by atoms with van der Waals surface area (Å²) in [5.41, 5.74) is 0.832. The van der Waals surface area contributed by atoms with Crippen LogP contribution >= 0.6 is 0 Å². The van der Waals surface area contributed by atoms with E-state index >= 15 is 0 Å². The minimum absolute atomic E-state index is 0.120. The van der Waals surface area contributed by atoms with E-state index in [9.17, 15) is 13.6 Å². The van der Waals surface area contributed by atoms with E-state index in [0.29, 0.717) is 24.8 Å². The highest BCUT2D eigenvalue weighted by molar-refractivity contribution is 5.93. The molecule has 2 aliphatic rings. The number of amides is 1. The maximum atomic E-state index is 13.5. The predicted molar refractivity (Wildman–Crippen MR) is 99.5 cm³/mol. The molecule has 1 aromatic heterocycles. The lowest BCUT2D eigenvalue weighted by molar-refractivity contribution is -0.191. The number of carbonyl (C=O) groups is 1. The van der Waals surface area contributed by atoms with Gasteiger partial charge in [-0.25, -0.2) is 13.5 Å². The van der Waals surface area contributed by atoms with Gasteiger partial charge in [-0.15, -0.1) is 5.10 Å². The molecule has 1 saturated carbocycles. The summed E-state index contributed by atoms with van der Waals surface area (Å²) >= 11 is 0. The molecular weight excluding hydrogens is 382 g/mol. The van der Waals surface area contributed by atoms with Gasteiger partial charge in [0.05, 0.1) is 18.0 Å². The number of ether oxygens (including phenoxy) is 2. The second kappa shape index (κ2) is 7.79. The number of nitrogens with one attached hydrogen (secondary N) is 1. The van der Waals surface area contributed by atoms with E-state index < -0.39 is 23.3 Å². The first-order valence-corrected chi connectivity index (χ1v) is 9.84. The van der Waals surface area contributed by atoms with Crippen molar-refractivity contribution < 1.29 is 23.0 Å². The van der Waals surface area contributed by atoms with Gasteiger partial charge in [0.2, 0.25) is 0 Å². The van der Waals surface area contributed by atoms with Gasteiger partial charge in [0, 0.05) is 25.5 Å². The molecule has 156 valence electrons. The van der Waals surface area contributed by atoms with Crippen molar-refractivity contribution in [2.24, 2.45) is 5.92 Å². The molecule has 1 aromatic carbocycles. The molecule has 2 fully saturated rings. The molecule has 0 radical (unpaired) electrons. The molecule has 0 bridgehead atoms. The van der Waals surface area contributed by atoms with Crippen LogP contribution in [0.2, 0.25) is 0 Å². The van der Waals surface area contributed by atoms with Crippen LogP contribution in [0.4, 0.5) is 8.78 Å². The van der Waals surface area contributed by atoms with Gasteiger partial charge in [-0.2, -0.15) is 0 Å². The Balaban J connectivity index is 1.37. The molecule has 1 saturated heterocycles. The summed E-state index contributed by atoms with van der Waals surface area (Å²) < 4.78 is 39.9. The summed E-state index contributed by atoms with van der Waals surface area (Å²) in [6, 6.07) is 3.38. The Bertz CT molecular complexity index is 909. The van der Waals surface area contributed by atoms with Crippen molar-refractivity contribution in [1.29, 1.82) is 0 Å². The van der Waals surface area contributed by atoms with Gasteiger partial charge < -0.3 is 14.8 Å². The van der Waals surface area contributed by atoms with Crippen LogP contribution in [-0.4, -0.2) is 45.9 Å². The Morgan fingerprint density at radius 1 is 1.31 bits per heavy atom. The van der Waals surface area contributed by atoms with E-state index in [1.807, 2.05) is 0 Å².